The quantitative estimate of drug-likeness (QED) is 0.594. The largest absolute Gasteiger partial charge is 0.367 e. The van der Waals surface area contributed by atoms with Crippen molar-refractivity contribution in [1.29, 1.82) is 0 Å². The van der Waals surface area contributed by atoms with Crippen LogP contribution in [0.4, 0.5) is 11.4 Å². The van der Waals surface area contributed by atoms with E-state index in [1.165, 1.54) is 11.6 Å². The standard InChI is InChI=1S/C26H32ClN3O2/c1-18(2)21-8-5-20(6-9-21)7-12-25(31)28-22-10-11-24(23(27)17-22)29-13-15-30(16-14-29)26(32)19(3)4/h5-12,17-19H,13-16H2,1-4H3,(H,28,31). The molecule has 6 heteroatoms. The molecule has 2 amide bonds. The number of rotatable bonds is 6. The Kier molecular flexibility index (Phi) is 7.97. The van der Waals surface area contributed by atoms with Gasteiger partial charge < -0.3 is 15.1 Å². The molecule has 0 bridgehead atoms. The van der Waals surface area contributed by atoms with E-state index in [1.807, 2.05) is 43.0 Å². The molecule has 3 rings (SSSR count). The number of hydrogen-bond acceptors (Lipinski definition) is 3. The van der Waals surface area contributed by atoms with Gasteiger partial charge in [-0.3, -0.25) is 9.59 Å². The van der Waals surface area contributed by atoms with Crippen molar-refractivity contribution in [3.63, 3.8) is 0 Å². The van der Waals surface area contributed by atoms with Crippen molar-refractivity contribution in [2.24, 2.45) is 5.92 Å². The summed E-state index contributed by atoms with van der Waals surface area (Å²) in [7, 11) is 0. The highest BCUT2D eigenvalue weighted by molar-refractivity contribution is 6.33. The molecule has 1 fully saturated rings. The van der Waals surface area contributed by atoms with E-state index in [0.29, 0.717) is 29.7 Å². The van der Waals surface area contributed by atoms with Gasteiger partial charge in [0.05, 0.1) is 10.7 Å². The summed E-state index contributed by atoms with van der Waals surface area (Å²) in [4.78, 5) is 28.6. The van der Waals surface area contributed by atoms with Gasteiger partial charge in [0.1, 0.15) is 0 Å². The molecule has 0 spiro atoms. The first-order valence-electron chi connectivity index (χ1n) is 11.2. The first kappa shape index (κ1) is 23.9. The zero-order chi connectivity index (χ0) is 23.3. The molecule has 1 aliphatic rings. The first-order valence-corrected chi connectivity index (χ1v) is 11.5. The predicted octanol–water partition coefficient (Wildman–Crippen LogP) is 5.42. The molecule has 1 aliphatic heterocycles. The maximum absolute atomic E-state index is 12.3. The van der Waals surface area contributed by atoms with Crippen molar-refractivity contribution in [1.82, 2.24) is 4.90 Å². The number of nitrogens with zero attached hydrogens (tertiary/aromatic N) is 2. The van der Waals surface area contributed by atoms with Gasteiger partial charge in [-0.1, -0.05) is 63.6 Å². The minimum absolute atomic E-state index is 0.0153. The Bertz CT molecular complexity index is 975. The summed E-state index contributed by atoms with van der Waals surface area (Å²) in [5, 5.41) is 3.45. The third-order valence-corrected chi connectivity index (χ3v) is 5.97. The second-order valence-corrected chi connectivity index (χ2v) is 9.18. The van der Waals surface area contributed by atoms with Crippen molar-refractivity contribution in [2.75, 3.05) is 36.4 Å². The third kappa shape index (κ3) is 6.13. The molecular weight excluding hydrogens is 422 g/mol. The van der Waals surface area contributed by atoms with Crippen molar-refractivity contribution >= 4 is 40.9 Å². The van der Waals surface area contributed by atoms with Crippen LogP contribution < -0.4 is 10.2 Å². The number of anilines is 2. The fourth-order valence-corrected chi connectivity index (χ4v) is 4.02. The Balaban J connectivity index is 1.57. The van der Waals surface area contributed by atoms with Crippen molar-refractivity contribution < 1.29 is 9.59 Å². The van der Waals surface area contributed by atoms with Crippen LogP contribution in [-0.4, -0.2) is 42.9 Å². The lowest BCUT2D eigenvalue weighted by Crippen LogP contribution is -2.50. The number of nitrogens with one attached hydrogen (secondary N) is 1. The molecule has 0 aromatic heterocycles. The molecule has 0 radical (unpaired) electrons. The second-order valence-electron chi connectivity index (χ2n) is 8.78. The molecule has 32 heavy (non-hydrogen) atoms. The molecule has 0 aliphatic carbocycles. The smallest absolute Gasteiger partial charge is 0.248 e. The van der Waals surface area contributed by atoms with Gasteiger partial charge in [0, 0.05) is 43.9 Å². The Hall–Kier alpha value is -2.79. The van der Waals surface area contributed by atoms with Crippen molar-refractivity contribution in [3.8, 4) is 0 Å². The summed E-state index contributed by atoms with van der Waals surface area (Å²) >= 11 is 6.52. The Labute approximate surface area is 196 Å². The molecule has 1 N–H and O–H groups in total. The number of halogens is 1. The van der Waals surface area contributed by atoms with E-state index < -0.39 is 0 Å². The van der Waals surface area contributed by atoms with E-state index in [9.17, 15) is 9.59 Å². The lowest BCUT2D eigenvalue weighted by Gasteiger charge is -2.37. The molecule has 1 saturated heterocycles. The molecule has 2 aromatic carbocycles. The number of hydrogen-bond donors (Lipinski definition) is 1. The van der Waals surface area contributed by atoms with E-state index in [4.69, 9.17) is 11.6 Å². The van der Waals surface area contributed by atoms with Gasteiger partial charge in [0.25, 0.3) is 0 Å². The highest BCUT2D eigenvalue weighted by Gasteiger charge is 2.24. The average Bonchev–Trinajstić information content (AvgIpc) is 2.77. The Morgan fingerprint density at radius 3 is 2.19 bits per heavy atom. The van der Waals surface area contributed by atoms with Crippen LogP contribution in [0.1, 0.15) is 44.7 Å². The van der Waals surface area contributed by atoms with E-state index in [2.05, 4.69) is 36.2 Å². The van der Waals surface area contributed by atoms with Gasteiger partial charge in [-0.25, -0.2) is 0 Å². The molecule has 170 valence electrons. The first-order chi connectivity index (χ1) is 15.2. The summed E-state index contributed by atoms with van der Waals surface area (Å²) in [5.41, 5.74) is 3.82. The summed E-state index contributed by atoms with van der Waals surface area (Å²) in [6.45, 7) is 11.0. The topological polar surface area (TPSA) is 52.7 Å². The number of benzene rings is 2. The summed E-state index contributed by atoms with van der Waals surface area (Å²) in [6, 6.07) is 13.7. The summed E-state index contributed by atoms with van der Waals surface area (Å²) < 4.78 is 0. The van der Waals surface area contributed by atoms with Gasteiger partial charge in [-0.15, -0.1) is 0 Å². The van der Waals surface area contributed by atoms with E-state index in [0.717, 1.165) is 24.3 Å². The van der Waals surface area contributed by atoms with Crippen LogP contribution in [0.5, 0.6) is 0 Å². The molecule has 0 atom stereocenters. The molecular formula is C26H32ClN3O2. The molecule has 5 nitrogen and oxygen atoms in total. The lowest BCUT2D eigenvalue weighted by atomic mass is 10.0. The van der Waals surface area contributed by atoms with E-state index in [1.54, 1.807) is 12.1 Å². The summed E-state index contributed by atoms with van der Waals surface area (Å²) in [5.74, 6) is 0.484. The highest BCUT2D eigenvalue weighted by Crippen LogP contribution is 2.30. The monoisotopic (exact) mass is 453 g/mol. The predicted molar refractivity (Wildman–Crippen MR) is 133 cm³/mol. The fourth-order valence-electron chi connectivity index (χ4n) is 3.72. The van der Waals surface area contributed by atoms with Crippen LogP contribution in [0.2, 0.25) is 5.02 Å². The van der Waals surface area contributed by atoms with Crippen LogP contribution in [0.15, 0.2) is 48.5 Å². The Morgan fingerprint density at radius 1 is 0.969 bits per heavy atom. The van der Waals surface area contributed by atoms with Crippen molar-refractivity contribution in [3.05, 3.63) is 64.7 Å². The molecule has 1 heterocycles. The summed E-state index contributed by atoms with van der Waals surface area (Å²) in [6.07, 6.45) is 3.32. The van der Waals surface area contributed by atoms with Crippen LogP contribution >= 0.6 is 11.6 Å². The third-order valence-electron chi connectivity index (χ3n) is 5.67. The molecule has 2 aromatic rings. The average molecular weight is 454 g/mol. The normalized spacial score (nSPS) is 14.5. The number of amides is 2. The maximum atomic E-state index is 12.3. The van der Waals surface area contributed by atoms with Crippen LogP contribution in [0.25, 0.3) is 6.08 Å². The van der Waals surface area contributed by atoms with Gasteiger partial charge >= 0.3 is 0 Å². The van der Waals surface area contributed by atoms with Gasteiger partial charge in [-0.2, -0.15) is 0 Å². The molecule has 0 unspecified atom stereocenters. The molecule has 0 saturated carbocycles. The number of carbonyl (C=O) groups excluding carboxylic acids is 2. The minimum Gasteiger partial charge on any atom is -0.367 e. The maximum Gasteiger partial charge on any atom is 0.248 e. The fraction of sp³-hybridized carbons (Fsp3) is 0.385. The zero-order valence-corrected chi connectivity index (χ0v) is 20.0. The van der Waals surface area contributed by atoms with Crippen molar-refractivity contribution in [2.45, 2.75) is 33.6 Å². The zero-order valence-electron chi connectivity index (χ0n) is 19.3. The number of piperazine rings is 1. The lowest BCUT2D eigenvalue weighted by molar-refractivity contribution is -0.134. The van der Waals surface area contributed by atoms with Crippen LogP contribution in [0, 0.1) is 5.92 Å². The van der Waals surface area contributed by atoms with E-state index >= 15 is 0 Å². The van der Waals surface area contributed by atoms with Gasteiger partial charge in [0.2, 0.25) is 11.8 Å². The van der Waals surface area contributed by atoms with E-state index in [-0.39, 0.29) is 17.7 Å². The Morgan fingerprint density at radius 2 is 1.62 bits per heavy atom. The van der Waals surface area contributed by atoms with Crippen LogP contribution in [-0.2, 0) is 9.59 Å². The number of carbonyl (C=O) groups is 2. The highest BCUT2D eigenvalue weighted by atomic mass is 35.5. The SMILES string of the molecule is CC(C)C(=O)N1CCN(c2ccc(NC(=O)C=Cc3ccc(C(C)C)cc3)cc2Cl)CC1. The van der Waals surface area contributed by atoms with Gasteiger partial charge in [0.15, 0.2) is 0 Å². The second kappa shape index (κ2) is 10.7. The van der Waals surface area contributed by atoms with Gasteiger partial charge in [-0.05, 0) is 41.3 Å². The minimum atomic E-state index is -0.206. The van der Waals surface area contributed by atoms with Crippen LogP contribution in [0.3, 0.4) is 0 Å².